The summed E-state index contributed by atoms with van der Waals surface area (Å²) in [6.45, 7) is 0.242. The lowest BCUT2D eigenvalue weighted by Crippen LogP contribution is -2.26. The molecule has 1 aromatic carbocycles. The van der Waals surface area contributed by atoms with Crippen LogP contribution in [0.5, 0.6) is 0 Å². The number of carbonyl (C=O) groups excluding carboxylic acids is 1. The zero-order valence-electron chi connectivity index (χ0n) is 11.2. The highest BCUT2D eigenvalue weighted by molar-refractivity contribution is 6.32. The third kappa shape index (κ3) is 3.55. The molecule has 2 aromatic rings. The fourth-order valence-electron chi connectivity index (χ4n) is 1.87. The predicted molar refractivity (Wildman–Crippen MR) is 78.1 cm³/mol. The number of halogens is 1. The zero-order valence-corrected chi connectivity index (χ0v) is 11.9. The standard InChI is InChI=1S/C14H12ClN3O3/c1-17(14(19)12-6-3-7-16-13(12)15)9-10-4-2-5-11(8-10)18(20)21/h2-8H,9H2,1H3. The van der Waals surface area contributed by atoms with Crippen molar-refractivity contribution in [3.05, 3.63) is 69.0 Å². The highest BCUT2D eigenvalue weighted by atomic mass is 35.5. The Kier molecular flexibility index (Phi) is 4.49. The van der Waals surface area contributed by atoms with Crippen LogP contribution in [-0.4, -0.2) is 27.8 Å². The van der Waals surface area contributed by atoms with E-state index in [4.69, 9.17) is 11.6 Å². The molecule has 0 radical (unpaired) electrons. The molecule has 0 bridgehead atoms. The quantitative estimate of drug-likeness (QED) is 0.494. The van der Waals surface area contributed by atoms with Gasteiger partial charge in [0, 0.05) is 31.9 Å². The number of rotatable bonds is 4. The Bertz CT molecular complexity index is 691. The Balaban J connectivity index is 2.16. The molecule has 0 spiro atoms. The second kappa shape index (κ2) is 6.32. The van der Waals surface area contributed by atoms with Gasteiger partial charge in [-0.1, -0.05) is 23.7 Å². The lowest BCUT2D eigenvalue weighted by atomic mass is 10.2. The lowest BCUT2D eigenvalue weighted by Gasteiger charge is -2.17. The van der Waals surface area contributed by atoms with Crippen LogP contribution >= 0.6 is 11.6 Å². The second-order valence-electron chi connectivity index (χ2n) is 4.43. The molecular weight excluding hydrogens is 294 g/mol. The molecule has 7 heteroatoms. The highest BCUT2D eigenvalue weighted by Crippen LogP contribution is 2.17. The Morgan fingerprint density at radius 2 is 2.14 bits per heavy atom. The molecular formula is C14H12ClN3O3. The summed E-state index contributed by atoms with van der Waals surface area (Å²) in [5, 5.41) is 10.9. The van der Waals surface area contributed by atoms with Crippen molar-refractivity contribution in [1.82, 2.24) is 9.88 Å². The first kappa shape index (κ1) is 14.9. The number of aromatic nitrogens is 1. The number of amides is 1. The molecule has 0 saturated carbocycles. The van der Waals surface area contributed by atoms with Gasteiger partial charge in [-0.3, -0.25) is 14.9 Å². The van der Waals surface area contributed by atoms with Gasteiger partial charge in [0.2, 0.25) is 0 Å². The Labute approximate surface area is 126 Å². The first-order valence-corrected chi connectivity index (χ1v) is 6.46. The van der Waals surface area contributed by atoms with Crippen LogP contribution in [-0.2, 0) is 6.54 Å². The zero-order chi connectivity index (χ0) is 15.4. The third-order valence-electron chi connectivity index (χ3n) is 2.88. The van der Waals surface area contributed by atoms with Crippen LogP contribution < -0.4 is 0 Å². The third-order valence-corrected chi connectivity index (χ3v) is 3.18. The van der Waals surface area contributed by atoms with Gasteiger partial charge in [0.15, 0.2) is 0 Å². The van der Waals surface area contributed by atoms with Gasteiger partial charge in [0.1, 0.15) is 5.15 Å². The number of hydrogen-bond acceptors (Lipinski definition) is 4. The molecule has 0 aliphatic rings. The fraction of sp³-hybridized carbons (Fsp3) is 0.143. The largest absolute Gasteiger partial charge is 0.337 e. The van der Waals surface area contributed by atoms with E-state index >= 15 is 0 Å². The van der Waals surface area contributed by atoms with E-state index in [1.807, 2.05) is 0 Å². The number of carbonyl (C=O) groups is 1. The molecule has 1 heterocycles. The molecule has 108 valence electrons. The molecule has 0 N–H and O–H groups in total. The number of non-ortho nitro benzene ring substituents is 1. The SMILES string of the molecule is CN(Cc1cccc([N+](=O)[O-])c1)C(=O)c1cccnc1Cl. The van der Waals surface area contributed by atoms with Crippen molar-refractivity contribution in [1.29, 1.82) is 0 Å². The number of nitrogens with zero attached hydrogens (tertiary/aromatic N) is 3. The normalized spacial score (nSPS) is 10.2. The summed E-state index contributed by atoms with van der Waals surface area (Å²) in [6.07, 6.45) is 1.50. The first-order valence-electron chi connectivity index (χ1n) is 6.08. The molecule has 0 aliphatic carbocycles. The lowest BCUT2D eigenvalue weighted by molar-refractivity contribution is -0.384. The van der Waals surface area contributed by atoms with E-state index in [1.54, 1.807) is 31.3 Å². The maximum atomic E-state index is 12.3. The summed E-state index contributed by atoms with van der Waals surface area (Å²) in [7, 11) is 1.60. The Hall–Kier alpha value is -2.47. The minimum absolute atomic E-state index is 0.00670. The summed E-state index contributed by atoms with van der Waals surface area (Å²) < 4.78 is 0. The minimum Gasteiger partial charge on any atom is -0.337 e. The van der Waals surface area contributed by atoms with Gasteiger partial charge in [0.05, 0.1) is 10.5 Å². The number of hydrogen-bond donors (Lipinski definition) is 0. The average molecular weight is 306 g/mol. The van der Waals surface area contributed by atoms with E-state index in [1.165, 1.54) is 23.2 Å². The summed E-state index contributed by atoms with van der Waals surface area (Å²) in [5.41, 5.74) is 0.958. The van der Waals surface area contributed by atoms with Gasteiger partial charge in [-0.05, 0) is 17.7 Å². The van der Waals surface area contributed by atoms with Crippen LogP contribution in [0.3, 0.4) is 0 Å². The topological polar surface area (TPSA) is 76.3 Å². The van der Waals surface area contributed by atoms with E-state index in [-0.39, 0.29) is 23.3 Å². The number of nitro groups is 1. The van der Waals surface area contributed by atoms with Gasteiger partial charge >= 0.3 is 0 Å². The van der Waals surface area contributed by atoms with Crippen LogP contribution in [0.1, 0.15) is 15.9 Å². The van der Waals surface area contributed by atoms with Crippen LogP contribution in [0, 0.1) is 10.1 Å². The molecule has 6 nitrogen and oxygen atoms in total. The molecule has 1 aromatic heterocycles. The van der Waals surface area contributed by atoms with Crippen LogP contribution in [0.15, 0.2) is 42.6 Å². The van der Waals surface area contributed by atoms with Gasteiger partial charge < -0.3 is 4.90 Å². The van der Waals surface area contributed by atoms with E-state index in [2.05, 4.69) is 4.98 Å². The van der Waals surface area contributed by atoms with E-state index in [9.17, 15) is 14.9 Å². The van der Waals surface area contributed by atoms with Gasteiger partial charge in [-0.2, -0.15) is 0 Å². The molecule has 0 unspecified atom stereocenters. The first-order chi connectivity index (χ1) is 9.99. The summed E-state index contributed by atoms with van der Waals surface area (Å²) in [6, 6.07) is 9.37. The van der Waals surface area contributed by atoms with Crippen molar-refractivity contribution < 1.29 is 9.72 Å². The monoisotopic (exact) mass is 305 g/mol. The maximum Gasteiger partial charge on any atom is 0.269 e. The number of nitro benzene ring substituents is 1. The predicted octanol–water partition coefficient (Wildman–Crippen LogP) is 2.92. The molecule has 21 heavy (non-hydrogen) atoms. The van der Waals surface area contributed by atoms with Crippen LogP contribution in [0.25, 0.3) is 0 Å². The van der Waals surface area contributed by atoms with E-state index in [0.717, 1.165) is 0 Å². The van der Waals surface area contributed by atoms with Gasteiger partial charge in [-0.25, -0.2) is 4.98 Å². The maximum absolute atomic E-state index is 12.3. The average Bonchev–Trinajstić information content (AvgIpc) is 2.47. The van der Waals surface area contributed by atoms with E-state index in [0.29, 0.717) is 11.1 Å². The molecule has 1 amide bonds. The Morgan fingerprint density at radius 3 is 2.81 bits per heavy atom. The van der Waals surface area contributed by atoms with Crippen molar-refractivity contribution in [2.45, 2.75) is 6.54 Å². The molecule has 0 saturated heterocycles. The van der Waals surface area contributed by atoms with Crippen molar-refractivity contribution in [3.63, 3.8) is 0 Å². The molecule has 0 aliphatic heterocycles. The molecule has 0 atom stereocenters. The Morgan fingerprint density at radius 1 is 1.38 bits per heavy atom. The smallest absolute Gasteiger partial charge is 0.269 e. The van der Waals surface area contributed by atoms with Crippen molar-refractivity contribution in [2.75, 3.05) is 7.05 Å². The summed E-state index contributed by atoms with van der Waals surface area (Å²) in [5.74, 6) is -0.292. The van der Waals surface area contributed by atoms with Gasteiger partial charge in [-0.15, -0.1) is 0 Å². The summed E-state index contributed by atoms with van der Waals surface area (Å²) in [4.78, 5) is 27.8. The number of pyridine rings is 1. The summed E-state index contributed by atoms with van der Waals surface area (Å²) >= 11 is 5.89. The van der Waals surface area contributed by atoms with Crippen molar-refractivity contribution >= 4 is 23.2 Å². The van der Waals surface area contributed by atoms with Crippen molar-refractivity contribution in [3.8, 4) is 0 Å². The van der Waals surface area contributed by atoms with Crippen LogP contribution in [0.4, 0.5) is 5.69 Å². The van der Waals surface area contributed by atoms with Crippen LogP contribution in [0.2, 0.25) is 5.15 Å². The molecule has 0 fully saturated rings. The van der Waals surface area contributed by atoms with E-state index < -0.39 is 4.92 Å². The second-order valence-corrected chi connectivity index (χ2v) is 4.79. The fourth-order valence-corrected chi connectivity index (χ4v) is 2.07. The minimum atomic E-state index is -0.469. The number of benzene rings is 1. The molecule has 2 rings (SSSR count). The van der Waals surface area contributed by atoms with Gasteiger partial charge in [0.25, 0.3) is 11.6 Å². The van der Waals surface area contributed by atoms with Crippen molar-refractivity contribution in [2.24, 2.45) is 0 Å². The highest BCUT2D eigenvalue weighted by Gasteiger charge is 2.16.